The van der Waals surface area contributed by atoms with Gasteiger partial charge in [-0.05, 0) is 36.4 Å². The number of fused-ring (bicyclic) bond motifs is 1. The van der Waals surface area contributed by atoms with Crippen LogP contribution in [0.5, 0.6) is 5.75 Å². The third kappa shape index (κ3) is 2.28. The van der Waals surface area contributed by atoms with Crippen molar-refractivity contribution < 1.29 is 5.11 Å². The van der Waals surface area contributed by atoms with Crippen molar-refractivity contribution in [2.24, 2.45) is 0 Å². The highest BCUT2D eigenvalue weighted by Crippen LogP contribution is 2.27. The lowest BCUT2D eigenvalue weighted by Crippen LogP contribution is -1.85. The Morgan fingerprint density at radius 1 is 0.889 bits per heavy atom. The van der Waals surface area contributed by atoms with Crippen molar-refractivity contribution in [3.63, 3.8) is 0 Å². The number of benzene rings is 2. The molecule has 0 radical (unpaired) electrons. The molecule has 0 atom stereocenters. The van der Waals surface area contributed by atoms with Crippen LogP contribution in [0.3, 0.4) is 0 Å². The molecule has 0 saturated carbocycles. The molecule has 0 amide bonds. The molecule has 0 bridgehead atoms. The van der Waals surface area contributed by atoms with Crippen molar-refractivity contribution in [1.29, 1.82) is 0 Å². The molecular formula is C14H10N2OS. The summed E-state index contributed by atoms with van der Waals surface area (Å²) in [7, 11) is 0. The number of nitrogens with zero attached hydrogens (tertiary/aromatic N) is 2. The van der Waals surface area contributed by atoms with E-state index >= 15 is 0 Å². The Labute approximate surface area is 109 Å². The zero-order valence-corrected chi connectivity index (χ0v) is 10.3. The number of phenols is 1. The van der Waals surface area contributed by atoms with E-state index in [-0.39, 0.29) is 5.75 Å². The van der Waals surface area contributed by atoms with Crippen molar-refractivity contribution in [2.45, 2.75) is 9.92 Å². The van der Waals surface area contributed by atoms with E-state index < -0.39 is 0 Å². The first-order chi connectivity index (χ1) is 8.81. The van der Waals surface area contributed by atoms with Gasteiger partial charge < -0.3 is 5.11 Å². The minimum absolute atomic E-state index is 0.268. The molecule has 4 heteroatoms. The second-order valence-electron chi connectivity index (χ2n) is 3.79. The highest BCUT2D eigenvalue weighted by molar-refractivity contribution is 7.99. The lowest BCUT2D eigenvalue weighted by molar-refractivity contribution is 0.475. The summed E-state index contributed by atoms with van der Waals surface area (Å²) in [4.78, 5) is 9.92. The van der Waals surface area contributed by atoms with E-state index in [1.165, 1.54) is 11.8 Å². The van der Waals surface area contributed by atoms with Gasteiger partial charge in [-0.3, -0.25) is 4.98 Å². The summed E-state index contributed by atoms with van der Waals surface area (Å²) in [6.45, 7) is 0. The van der Waals surface area contributed by atoms with Crippen molar-refractivity contribution in [2.75, 3.05) is 0 Å². The van der Waals surface area contributed by atoms with Crippen LogP contribution in [0.15, 0.2) is 64.6 Å². The van der Waals surface area contributed by atoms with Gasteiger partial charge >= 0.3 is 0 Å². The fraction of sp³-hybridized carbons (Fsp3) is 0. The first-order valence-corrected chi connectivity index (χ1v) is 6.31. The van der Waals surface area contributed by atoms with Crippen LogP contribution >= 0.6 is 11.8 Å². The Hall–Kier alpha value is -2.07. The van der Waals surface area contributed by atoms with Crippen molar-refractivity contribution in [1.82, 2.24) is 9.97 Å². The van der Waals surface area contributed by atoms with Gasteiger partial charge in [0.2, 0.25) is 0 Å². The standard InChI is InChI=1S/C14H10N2OS/c17-10-5-7-11(8-6-10)18-14-9-15-12-3-1-2-4-13(12)16-14/h1-9,17H. The quantitative estimate of drug-likeness (QED) is 0.760. The van der Waals surface area contributed by atoms with Crippen molar-refractivity contribution in [3.8, 4) is 5.75 Å². The molecule has 1 N–H and O–H groups in total. The predicted molar refractivity (Wildman–Crippen MR) is 71.8 cm³/mol. The zero-order valence-electron chi connectivity index (χ0n) is 9.45. The molecule has 0 fully saturated rings. The Kier molecular flexibility index (Phi) is 2.86. The number of phenolic OH excluding ortho intramolecular Hbond substituents is 1. The molecule has 88 valence electrons. The largest absolute Gasteiger partial charge is 0.508 e. The second kappa shape index (κ2) is 4.66. The molecule has 0 saturated heterocycles. The lowest BCUT2D eigenvalue weighted by Gasteiger charge is -2.02. The molecule has 0 spiro atoms. The fourth-order valence-corrected chi connectivity index (χ4v) is 2.39. The highest BCUT2D eigenvalue weighted by Gasteiger charge is 2.01. The van der Waals surface area contributed by atoms with Crippen LogP contribution in [-0.4, -0.2) is 15.1 Å². The lowest BCUT2D eigenvalue weighted by atomic mass is 10.3. The Morgan fingerprint density at radius 2 is 1.61 bits per heavy atom. The summed E-state index contributed by atoms with van der Waals surface area (Å²) in [6.07, 6.45) is 1.76. The van der Waals surface area contributed by atoms with Crippen LogP contribution in [0.4, 0.5) is 0 Å². The summed E-state index contributed by atoms with van der Waals surface area (Å²) in [5.41, 5.74) is 1.79. The molecule has 0 aliphatic rings. The van der Waals surface area contributed by atoms with E-state index in [1.807, 2.05) is 36.4 Å². The van der Waals surface area contributed by atoms with Crippen LogP contribution in [-0.2, 0) is 0 Å². The Bertz CT molecular complexity index is 683. The van der Waals surface area contributed by atoms with E-state index in [4.69, 9.17) is 0 Å². The third-order valence-corrected chi connectivity index (χ3v) is 3.40. The predicted octanol–water partition coefficient (Wildman–Crippen LogP) is 3.49. The van der Waals surface area contributed by atoms with E-state index in [0.29, 0.717) is 0 Å². The maximum absolute atomic E-state index is 9.23. The van der Waals surface area contributed by atoms with Gasteiger partial charge in [-0.2, -0.15) is 0 Å². The van der Waals surface area contributed by atoms with Gasteiger partial charge in [0, 0.05) is 4.90 Å². The first kappa shape index (κ1) is 11.0. The Balaban J connectivity index is 1.92. The summed E-state index contributed by atoms with van der Waals surface area (Å²) >= 11 is 1.53. The molecule has 3 rings (SSSR count). The van der Waals surface area contributed by atoms with Gasteiger partial charge in [-0.1, -0.05) is 23.9 Å². The smallest absolute Gasteiger partial charge is 0.120 e. The molecular weight excluding hydrogens is 244 g/mol. The molecule has 0 aliphatic carbocycles. The molecule has 2 aromatic carbocycles. The van der Waals surface area contributed by atoms with Gasteiger partial charge in [0.25, 0.3) is 0 Å². The van der Waals surface area contributed by atoms with Gasteiger partial charge in [-0.15, -0.1) is 0 Å². The van der Waals surface area contributed by atoms with Crippen LogP contribution in [0.1, 0.15) is 0 Å². The summed E-state index contributed by atoms with van der Waals surface area (Å²) < 4.78 is 0. The minimum Gasteiger partial charge on any atom is -0.508 e. The molecule has 1 heterocycles. The van der Waals surface area contributed by atoms with Gasteiger partial charge in [0.15, 0.2) is 0 Å². The zero-order chi connectivity index (χ0) is 12.4. The Morgan fingerprint density at radius 3 is 2.39 bits per heavy atom. The fourth-order valence-electron chi connectivity index (χ4n) is 1.62. The molecule has 18 heavy (non-hydrogen) atoms. The number of aromatic hydroxyl groups is 1. The van der Waals surface area contributed by atoms with E-state index in [9.17, 15) is 5.11 Å². The SMILES string of the molecule is Oc1ccc(Sc2cnc3ccccc3n2)cc1. The number of para-hydroxylation sites is 2. The molecule has 3 aromatic rings. The normalized spacial score (nSPS) is 10.7. The van der Waals surface area contributed by atoms with Crippen LogP contribution < -0.4 is 0 Å². The van der Waals surface area contributed by atoms with Crippen molar-refractivity contribution in [3.05, 3.63) is 54.7 Å². The van der Waals surface area contributed by atoms with Gasteiger partial charge in [0.1, 0.15) is 10.8 Å². The van der Waals surface area contributed by atoms with Crippen LogP contribution in [0, 0.1) is 0 Å². The summed E-state index contributed by atoms with van der Waals surface area (Å²) in [5.74, 6) is 0.268. The van der Waals surface area contributed by atoms with Crippen molar-refractivity contribution >= 4 is 22.8 Å². The third-order valence-electron chi connectivity index (χ3n) is 2.49. The average molecular weight is 254 g/mol. The van der Waals surface area contributed by atoms with Gasteiger partial charge in [-0.25, -0.2) is 4.98 Å². The number of hydrogen-bond acceptors (Lipinski definition) is 4. The highest BCUT2D eigenvalue weighted by atomic mass is 32.2. The summed E-state index contributed by atoms with van der Waals surface area (Å²) in [5, 5.41) is 10.1. The minimum atomic E-state index is 0.268. The maximum atomic E-state index is 9.23. The second-order valence-corrected chi connectivity index (χ2v) is 4.89. The van der Waals surface area contributed by atoms with E-state index in [1.54, 1.807) is 18.3 Å². The number of rotatable bonds is 2. The molecule has 3 nitrogen and oxygen atoms in total. The number of hydrogen-bond donors (Lipinski definition) is 1. The number of aromatic nitrogens is 2. The molecule has 0 aliphatic heterocycles. The topological polar surface area (TPSA) is 46.0 Å². The average Bonchev–Trinajstić information content (AvgIpc) is 2.41. The molecule has 0 unspecified atom stereocenters. The van der Waals surface area contributed by atoms with E-state index in [2.05, 4.69) is 9.97 Å². The first-order valence-electron chi connectivity index (χ1n) is 5.50. The van der Waals surface area contributed by atoms with Gasteiger partial charge in [0.05, 0.1) is 17.2 Å². The maximum Gasteiger partial charge on any atom is 0.120 e. The van der Waals surface area contributed by atoms with E-state index in [0.717, 1.165) is 21.0 Å². The molecule has 1 aromatic heterocycles. The monoisotopic (exact) mass is 254 g/mol. The van der Waals surface area contributed by atoms with Crippen LogP contribution in [0.2, 0.25) is 0 Å². The summed E-state index contributed by atoms with van der Waals surface area (Å²) in [6, 6.07) is 14.8. The van der Waals surface area contributed by atoms with Crippen LogP contribution in [0.25, 0.3) is 11.0 Å².